The highest BCUT2D eigenvalue weighted by molar-refractivity contribution is 5.17. The summed E-state index contributed by atoms with van der Waals surface area (Å²) >= 11 is 0. The van der Waals surface area contributed by atoms with Crippen molar-refractivity contribution >= 4 is 0 Å². The SMILES string of the molecule is CC(C)CC[C@]1(CCN[C@@H](C)c2ccccc2)CCOC(C)(C)C1. The number of nitrogens with one attached hydrogen (secondary N) is 1. The van der Waals surface area contributed by atoms with Crippen molar-refractivity contribution in [1.82, 2.24) is 5.32 Å². The minimum absolute atomic E-state index is 0.0281. The minimum Gasteiger partial charge on any atom is -0.376 e. The summed E-state index contributed by atoms with van der Waals surface area (Å²) in [5.41, 5.74) is 1.84. The highest BCUT2D eigenvalue weighted by Crippen LogP contribution is 2.45. The third kappa shape index (κ3) is 5.89. The van der Waals surface area contributed by atoms with Crippen LogP contribution in [0.1, 0.15) is 78.3 Å². The summed E-state index contributed by atoms with van der Waals surface area (Å²) < 4.78 is 6.00. The highest BCUT2D eigenvalue weighted by atomic mass is 16.5. The maximum atomic E-state index is 6.00. The maximum Gasteiger partial charge on any atom is 0.0631 e. The summed E-state index contributed by atoms with van der Waals surface area (Å²) in [6, 6.07) is 11.2. The van der Waals surface area contributed by atoms with E-state index >= 15 is 0 Å². The van der Waals surface area contributed by atoms with E-state index in [1.54, 1.807) is 0 Å². The van der Waals surface area contributed by atoms with Gasteiger partial charge in [0.25, 0.3) is 0 Å². The summed E-state index contributed by atoms with van der Waals surface area (Å²) in [5.74, 6) is 0.782. The van der Waals surface area contributed by atoms with Crippen LogP contribution in [-0.4, -0.2) is 18.8 Å². The number of hydrogen-bond acceptors (Lipinski definition) is 2. The van der Waals surface area contributed by atoms with E-state index in [1.807, 2.05) is 0 Å². The lowest BCUT2D eigenvalue weighted by molar-refractivity contribution is -0.110. The van der Waals surface area contributed by atoms with Crippen LogP contribution in [0.15, 0.2) is 30.3 Å². The quantitative estimate of drug-likeness (QED) is 0.656. The molecule has 0 aliphatic carbocycles. The van der Waals surface area contributed by atoms with Gasteiger partial charge in [-0.15, -0.1) is 0 Å². The molecule has 0 aromatic heterocycles. The largest absolute Gasteiger partial charge is 0.376 e. The Balaban J connectivity index is 1.93. The van der Waals surface area contributed by atoms with Crippen LogP contribution < -0.4 is 5.32 Å². The van der Waals surface area contributed by atoms with Crippen LogP contribution >= 0.6 is 0 Å². The van der Waals surface area contributed by atoms with Crippen molar-refractivity contribution in [2.45, 2.75) is 78.4 Å². The van der Waals surface area contributed by atoms with Crippen LogP contribution in [-0.2, 0) is 4.74 Å². The molecule has 0 saturated carbocycles. The molecule has 2 nitrogen and oxygen atoms in total. The molecule has 0 bridgehead atoms. The Bertz CT molecular complexity index is 482. The smallest absolute Gasteiger partial charge is 0.0631 e. The molecule has 0 amide bonds. The fourth-order valence-electron chi connectivity index (χ4n) is 4.15. The van der Waals surface area contributed by atoms with Gasteiger partial charge in [-0.2, -0.15) is 0 Å². The molecule has 0 unspecified atom stereocenters. The number of rotatable bonds is 8. The molecule has 24 heavy (non-hydrogen) atoms. The first-order chi connectivity index (χ1) is 11.3. The molecule has 0 spiro atoms. The molecule has 2 rings (SSSR count). The molecule has 1 aliphatic rings. The Morgan fingerprint density at radius 2 is 1.79 bits per heavy atom. The van der Waals surface area contributed by atoms with Crippen LogP contribution in [0.3, 0.4) is 0 Å². The molecule has 1 heterocycles. The van der Waals surface area contributed by atoms with Crippen LogP contribution in [0.5, 0.6) is 0 Å². The second-order valence-electron chi connectivity index (χ2n) is 8.80. The van der Waals surface area contributed by atoms with Crippen molar-refractivity contribution in [3.63, 3.8) is 0 Å². The predicted octanol–water partition coefficient (Wildman–Crippen LogP) is 5.74. The van der Waals surface area contributed by atoms with E-state index < -0.39 is 0 Å². The van der Waals surface area contributed by atoms with Gasteiger partial charge < -0.3 is 10.1 Å². The van der Waals surface area contributed by atoms with Crippen molar-refractivity contribution in [3.05, 3.63) is 35.9 Å². The standard InChI is InChI=1S/C22H37NO/c1-18(2)11-12-22(14-16-24-21(4,5)17-22)13-15-23-19(3)20-9-7-6-8-10-20/h6-10,18-19,23H,11-17H2,1-5H3/t19-,22-/m0/s1. The van der Waals surface area contributed by atoms with Crippen molar-refractivity contribution < 1.29 is 4.74 Å². The molecule has 1 aromatic carbocycles. The summed E-state index contributed by atoms with van der Waals surface area (Å²) in [5, 5.41) is 3.75. The van der Waals surface area contributed by atoms with Crippen molar-refractivity contribution in [2.75, 3.05) is 13.2 Å². The molecule has 1 aromatic rings. The number of hydrogen-bond donors (Lipinski definition) is 1. The van der Waals surface area contributed by atoms with Crippen molar-refractivity contribution in [2.24, 2.45) is 11.3 Å². The third-order valence-corrected chi connectivity index (χ3v) is 5.58. The fourth-order valence-corrected chi connectivity index (χ4v) is 4.15. The van der Waals surface area contributed by atoms with Crippen molar-refractivity contribution in [3.8, 4) is 0 Å². The van der Waals surface area contributed by atoms with E-state index in [0.29, 0.717) is 11.5 Å². The van der Waals surface area contributed by atoms with Gasteiger partial charge in [0, 0.05) is 12.6 Å². The van der Waals surface area contributed by atoms with Crippen LogP contribution in [0, 0.1) is 11.3 Å². The van der Waals surface area contributed by atoms with Gasteiger partial charge >= 0.3 is 0 Å². The third-order valence-electron chi connectivity index (χ3n) is 5.58. The Hall–Kier alpha value is -0.860. The normalized spacial score (nSPS) is 24.9. The molecular formula is C22H37NO. The first kappa shape index (κ1) is 19.5. The van der Waals surface area contributed by atoms with Crippen LogP contribution in [0.2, 0.25) is 0 Å². The zero-order chi connectivity index (χ0) is 17.6. The first-order valence-electron chi connectivity index (χ1n) is 9.74. The molecule has 136 valence electrons. The van der Waals surface area contributed by atoms with Gasteiger partial charge in [-0.25, -0.2) is 0 Å². The van der Waals surface area contributed by atoms with E-state index in [1.165, 1.54) is 37.7 Å². The number of ether oxygens (including phenoxy) is 1. The molecule has 0 radical (unpaired) electrons. The van der Waals surface area contributed by atoms with E-state index in [9.17, 15) is 0 Å². The summed E-state index contributed by atoms with van der Waals surface area (Å²) in [4.78, 5) is 0. The molecule has 1 N–H and O–H groups in total. The molecule has 1 fully saturated rings. The minimum atomic E-state index is 0.0281. The van der Waals surface area contributed by atoms with Gasteiger partial charge in [-0.05, 0) is 69.9 Å². The zero-order valence-corrected chi connectivity index (χ0v) is 16.4. The molecule has 1 saturated heterocycles. The summed E-state index contributed by atoms with van der Waals surface area (Å²) in [6.45, 7) is 13.5. The van der Waals surface area contributed by atoms with Gasteiger partial charge in [0.2, 0.25) is 0 Å². The van der Waals surface area contributed by atoms with E-state index in [0.717, 1.165) is 19.1 Å². The predicted molar refractivity (Wildman–Crippen MR) is 103 cm³/mol. The van der Waals surface area contributed by atoms with Gasteiger partial charge in [-0.3, -0.25) is 0 Å². The van der Waals surface area contributed by atoms with Gasteiger partial charge in [0.05, 0.1) is 5.60 Å². The maximum absolute atomic E-state index is 6.00. The molecule has 2 atom stereocenters. The summed E-state index contributed by atoms with van der Waals surface area (Å²) in [6.07, 6.45) is 6.31. The van der Waals surface area contributed by atoms with Crippen LogP contribution in [0.25, 0.3) is 0 Å². The lowest BCUT2D eigenvalue weighted by Crippen LogP contribution is -2.43. The lowest BCUT2D eigenvalue weighted by Gasteiger charge is -2.46. The highest BCUT2D eigenvalue weighted by Gasteiger charge is 2.40. The zero-order valence-electron chi connectivity index (χ0n) is 16.4. The van der Waals surface area contributed by atoms with Gasteiger partial charge in [0.1, 0.15) is 0 Å². The average molecular weight is 332 g/mol. The topological polar surface area (TPSA) is 21.3 Å². The molecule has 1 aliphatic heterocycles. The van der Waals surface area contributed by atoms with Gasteiger partial charge in [-0.1, -0.05) is 50.6 Å². The Kier molecular flexibility index (Phi) is 6.88. The van der Waals surface area contributed by atoms with Crippen molar-refractivity contribution in [1.29, 1.82) is 0 Å². The lowest BCUT2D eigenvalue weighted by atomic mass is 9.68. The Morgan fingerprint density at radius 3 is 2.42 bits per heavy atom. The van der Waals surface area contributed by atoms with E-state index in [2.05, 4.69) is 70.3 Å². The fraction of sp³-hybridized carbons (Fsp3) is 0.727. The molecule has 2 heteroatoms. The molecular weight excluding hydrogens is 294 g/mol. The Labute approximate surface area is 149 Å². The Morgan fingerprint density at radius 1 is 1.08 bits per heavy atom. The van der Waals surface area contributed by atoms with E-state index in [4.69, 9.17) is 4.74 Å². The number of benzene rings is 1. The second-order valence-corrected chi connectivity index (χ2v) is 8.80. The average Bonchev–Trinajstić information content (AvgIpc) is 2.53. The van der Waals surface area contributed by atoms with Gasteiger partial charge in [0.15, 0.2) is 0 Å². The second kappa shape index (κ2) is 8.49. The van der Waals surface area contributed by atoms with Crippen LogP contribution in [0.4, 0.5) is 0 Å². The first-order valence-corrected chi connectivity index (χ1v) is 9.74. The summed E-state index contributed by atoms with van der Waals surface area (Å²) in [7, 11) is 0. The van der Waals surface area contributed by atoms with E-state index in [-0.39, 0.29) is 5.60 Å². The monoisotopic (exact) mass is 331 g/mol.